The van der Waals surface area contributed by atoms with Crippen LogP contribution in [0.25, 0.3) is 11.3 Å². The molecular weight excluding hydrogens is 326 g/mol. The van der Waals surface area contributed by atoms with Crippen molar-refractivity contribution in [1.29, 1.82) is 0 Å². The first kappa shape index (κ1) is 15.3. The number of aromatic nitrogens is 3. The van der Waals surface area contributed by atoms with Crippen LogP contribution in [0.3, 0.4) is 0 Å². The number of morpholine rings is 1. The van der Waals surface area contributed by atoms with Gasteiger partial charge in [0.2, 0.25) is 0 Å². The Labute approximate surface area is 151 Å². The van der Waals surface area contributed by atoms with E-state index in [1.165, 1.54) is 5.56 Å². The number of benzene rings is 1. The van der Waals surface area contributed by atoms with E-state index in [9.17, 15) is 0 Å². The van der Waals surface area contributed by atoms with Crippen molar-refractivity contribution in [3.63, 3.8) is 0 Å². The van der Waals surface area contributed by atoms with E-state index < -0.39 is 0 Å². The van der Waals surface area contributed by atoms with Crippen LogP contribution >= 0.6 is 0 Å². The highest BCUT2D eigenvalue weighted by molar-refractivity contribution is 6.22. The number of imidazole rings is 1. The number of fused-ring (bicyclic) bond motifs is 1. The molecule has 0 unspecified atom stereocenters. The highest BCUT2D eigenvalue weighted by Gasteiger charge is 2.22. The van der Waals surface area contributed by atoms with Gasteiger partial charge in [0.1, 0.15) is 5.82 Å². The summed E-state index contributed by atoms with van der Waals surface area (Å²) in [5, 5.41) is 0. The predicted octanol–water partition coefficient (Wildman–Crippen LogP) is 2.80. The number of hydrogen-bond acceptors (Lipinski definition) is 5. The number of aryl methyl sites for hydroxylation is 1. The van der Waals surface area contributed by atoms with Crippen LogP contribution < -0.4 is 4.90 Å². The maximum absolute atomic E-state index is 5.43. The van der Waals surface area contributed by atoms with Crippen molar-refractivity contribution >= 4 is 17.2 Å². The average Bonchev–Trinajstić information content (AvgIpc) is 3.10. The molecule has 4 heterocycles. The highest BCUT2D eigenvalue weighted by atomic mass is 16.5. The van der Waals surface area contributed by atoms with Gasteiger partial charge in [-0.15, -0.1) is 0 Å². The molecule has 0 aliphatic carbocycles. The van der Waals surface area contributed by atoms with Gasteiger partial charge < -0.3 is 14.2 Å². The topological polar surface area (TPSA) is 55.5 Å². The summed E-state index contributed by atoms with van der Waals surface area (Å²) in [4.78, 5) is 15.9. The van der Waals surface area contributed by atoms with Crippen LogP contribution in [0, 0.1) is 0 Å². The molecule has 6 heteroatoms. The van der Waals surface area contributed by atoms with Crippen molar-refractivity contribution in [2.24, 2.45) is 12.0 Å². The molecule has 5 rings (SSSR count). The lowest BCUT2D eigenvalue weighted by molar-refractivity contribution is 0.122. The molecular formula is C20H19N5O. The number of nitrogens with zero attached hydrogens (tertiary/aromatic N) is 5. The number of aliphatic imine (C=N–C) groups is 1. The molecule has 0 spiro atoms. The molecule has 0 amide bonds. The zero-order chi connectivity index (χ0) is 17.5. The van der Waals surface area contributed by atoms with E-state index in [0.29, 0.717) is 0 Å². The van der Waals surface area contributed by atoms with Gasteiger partial charge in [-0.1, -0.05) is 6.07 Å². The van der Waals surface area contributed by atoms with E-state index >= 15 is 0 Å². The number of pyridine rings is 1. The van der Waals surface area contributed by atoms with Crippen molar-refractivity contribution < 1.29 is 4.74 Å². The fourth-order valence-electron chi connectivity index (χ4n) is 3.42. The lowest BCUT2D eigenvalue weighted by Crippen LogP contribution is -2.36. The Hall–Kier alpha value is -2.99. The summed E-state index contributed by atoms with van der Waals surface area (Å²) in [6.45, 7) is 3.26. The molecule has 1 fully saturated rings. The Morgan fingerprint density at radius 3 is 2.69 bits per heavy atom. The van der Waals surface area contributed by atoms with Crippen molar-refractivity contribution in [2.45, 2.75) is 0 Å². The third-order valence-corrected chi connectivity index (χ3v) is 4.84. The summed E-state index contributed by atoms with van der Waals surface area (Å²) >= 11 is 0. The van der Waals surface area contributed by atoms with Crippen LogP contribution in [0.2, 0.25) is 0 Å². The minimum Gasteiger partial charge on any atom is -0.378 e. The highest BCUT2D eigenvalue weighted by Crippen LogP contribution is 2.36. The second-order valence-electron chi connectivity index (χ2n) is 6.62. The zero-order valence-electron chi connectivity index (χ0n) is 14.6. The fraction of sp³-hybridized carbons (Fsp3) is 0.250. The van der Waals surface area contributed by atoms with Gasteiger partial charge in [0.15, 0.2) is 0 Å². The largest absolute Gasteiger partial charge is 0.378 e. The molecule has 26 heavy (non-hydrogen) atoms. The summed E-state index contributed by atoms with van der Waals surface area (Å²) in [6, 6.07) is 10.5. The molecule has 0 atom stereocenters. The summed E-state index contributed by atoms with van der Waals surface area (Å²) in [6.07, 6.45) is 5.71. The Morgan fingerprint density at radius 2 is 1.88 bits per heavy atom. The van der Waals surface area contributed by atoms with Crippen molar-refractivity contribution in [2.75, 3.05) is 31.2 Å². The average molecular weight is 345 g/mol. The van der Waals surface area contributed by atoms with Crippen LogP contribution in [0.5, 0.6) is 0 Å². The van der Waals surface area contributed by atoms with Crippen LogP contribution in [-0.4, -0.2) is 46.6 Å². The number of hydrogen-bond donors (Lipinski definition) is 0. The fourth-order valence-corrected chi connectivity index (χ4v) is 3.42. The number of ether oxygens (including phenoxy) is 1. The van der Waals surface area contributed by atoms with Gasteiger partial charge in [-0.05, 0) is 24.3 Å². The van der Waals surface area contributed by atoms with E-state index in [1.54, 1.807) is 0 Å². The second-order valence-corrected chi connectivity index (χ2v) is 6.62. The lowest BCUT2D eigenvalue weighted by Gasteiger charge is -2.28. The minimum absolute atomic E-state index is 0.753. The van der Waals surface area contributed by atoms with Crippen LogP contribution in [0.1, 0.15) is 11.1 Å². The van der Waals surface area contributed by atoms with Gasteiger partial charge >= 0.3 is 0 Å². The van der Waals surface area contributed by atoms with Crippen LogP contribution in [0.4, 0.5) is 11.5 Å². The van der Waals surface area contributed by atoms with E-state index in [4.69, 9.17) is 9.73 Å². The first-order chi connectivity index (χ1) is 12.8. The first-order valence-corrected chi connectivity index (χ1v) is 8.78. The van der Waals surface area contributed by atoms with Gasteiger partial charge in [-0.2, -0.15) is 0 Å². The van der Waals surface area contributed by atoms with Gasteiger partial charge in [0, 0.05) is 49.2 Å². The van der Waals surface area contributed by atoms with Crippen molar-refractivity contribution in [3.8, 4) is 11.3 Å². The van der Waals surface area contributed by atoms with E-state index in [2.05, 4.69) is 39.1 Å². The summed E-state index contributed by atoms with van der Waals surface area (Å²) < 4.78 is 7.39. The first-order valence-electron chi connectivity index (χ1n) is 8.78. The number of anilines is 1. The molecule has 1 aromatic carbocycles. The predicted molar refractivity (Wildman–Crippen MR) is 101 cm³/mol. The van der Waals surface area contributed by atoms with E-state index in [1.807, 2.05) is 36.4 Å². The van der Waals surface area contributed by atoms with Crippen molar-refractivity contribution in [3.05, 3.63) is 60.2 Å². The minimum atomic E-state index is 0.753. The second kappa shape index (κ2) is 6.07. The quantitative estimate of drug-likeness (QED) is 0.573. The van der Waals surface area contributed by atoms with Crippen LogP contribution in [0.15, 0.2) is 54.0 Å². The van der Waals surface area contributed by atoms with Gasteiger partial charge in [-0.25, -0.2) is 15.0 Å². The Bertz CT molecular complexity index is 1000. The third-order valence-electron chi connectivity index (χ3n) is 4.84. The molecule has 130 valence electrons. The Morgan fingerprint density at radius 1 is 1.00 bits per heavy atom. The SMILES string of the molecule is Cn1cnc(-c2ccc3c(c2)C(c2ccnc(N4CCOCC4)c2)=N3)c1. The summed E-state index contributed by atoms with van der Waals surface area (Å²) in [5.74, 6) is 0.989. The van der Waals surface area contributed by atoms with Crippen LogP contribution in [-0.2, 0) is 11.8 Å². The molecule has 0 N–H and O–H groups in total. The normalized spacial score (nSPS) is 16.0. The molecule has 1 saturated heterocycles. The van der Waals surface area contributed by atoms with Gasteiger partial charge in [-0.3, -0.25) is 0 Å². The molecule has 0 radical (unpaired) electrons. The molecule has 0 bridgehead atoms. The molecule has 2 aliphatic rings. The summed E-state index contributed by atoms with van der Waals surface area (Å²) in [5.41, 5.74) is 6.42. The zero-order valence-corrected chi connectivity index (χ0v) is 14.6. The van der Waals surface area contributed by atoms with Gasteiger partial charge in [0.25, 0.3) is 0 Å². The lowest BCUT2D eigenvalue weighted by atomic mass is 9.93. The smallest absolute Gasteiger partial charge is 0.129 e. The maximum Gasteiger partial charge on any atom is 0.129 e. The monoisotopic (exact) mass is 345 g/mol. The van der Waals surface area contributed by atoms with Crippen molar-refractivity contribution in [1.82, 2.24) is 14.5 Å². The third kappa shape index (κ3) is 2.59. The molecule has 6 nitrogen and oxygen atoms in total. The molecule has 2 aliphatic heterocycles. The Balaban J connectivity index is 1.46. The summed E-state index contributed by atoms with van der Waals surface area (Å²) in [7, 11) is 1.98. The van der Waals surface area contributed by atoms with E-state index in [-0.39, 0.29) is 0 Å². The standard InChI is InChI=1S/C20H19N5O/c1-24-12-18(22-13-24)14-2-3-17-16(10-14)20(23-17)15-4-5-21-19(11-15)25-6-8-26-9-7-25/h2-5,10-13H,6-9H2,1H3. The molecule has 2 aromatic heterocycles. The van der Waals surface area contributed by atoms with Gasteiger partial charge in [0.05, 0.1) is 36.6 Å². The molecule has 0 saturated carbocycles. The molecule has 3 aromatic rings. The number of rotatable bonds is 3. The Kier molecular flexibility index (Phi) is 3.57. The van der Waals surface area contributed by atoms with E-state index in [0.717, 1.165) is 60.3 Å². The maximum atomic E-state index is 5.43.